The van der Waals surface area contributed by atoms with E-state index in [1.54, 1.807) is 0 Å². The van der Waals surface area contributed by atoms with Gasteiger partial charge < -0.3 is 4.74 Å². The summed E-state index contributed by atoms with van der Waals surface area (Å²) in [5.74, 6) is 0. The van der Waals surface area contributed by atoms with Crippen molar-refractivity contribution in [3.63, 3.8) is 0 Å². The SMILES string of the molecule is C[OH+]C1CCCCC1. The molecule has 1 fully saturated rings. The van der Waals surface area contributed by atoms with Gasteiger partial charge in [0, 0.05) is 12.8 Å². The summed E-state index contributed by atoms with van der Waals surface area (Å²) in [6.07, 6.45) is 7.65. The zero-order valence-corrected chi connectivity index (χ0v) is 5.56. The molecule has 0 aromatic rings. The van der Waals surface area contributed by atoms with Crippen molar-refractivity contribution in [3.05, 3.63) is 0 Å². The Balaban J connectivity index is 2.13. The molecule has 0 amide bonds. The number of rotatable bonds is 1. The van der Waals surface area contributed by atoms with Crippen LogP contribution in [0, 0.1) is 0 Å². The highest BCUT2D eigenvalue weighted by Crippen LogP contribution is 2.17. The van der Waals surface area contributed by atoms with E-state index in [1.165, 1.54) is 32.1 Å². The molecule has 0 aromatic heterocycles. The third kappa shape index (κ3) is 1.48. The Labute approximate surface area is 51.0 Å². The molecular formula is C7H15O+. The quantitative estimate of drug-likeness (QED) is 0.459. The molecular weight excluding hydrogens is 100 g/mol. The van der Waals surface area contributed by atoms with Crippen LogP contribution in [0.4, 0.5) is 0 Å². The van der Waals surface area contributed by atoms with Gasteiger partial charge in [0.2, 0.25) is 0 Å². The van der Waals surface area contributed by atoms with Crippen LogP contribution in [-0.4, -0.2) is 18.0 Å². The molecule has 48 valence electrons. The van der Waals surface area contributed by atoms with Crippen LogP contribution in [0.3, 0.4) is 0 Å². The first-order valence-corrected chi connectivity index (χ1v) is 3.52. The Morgan fingerprint density at radius 1 is 1.12 bits per heavy atom. The first kappa shape index (κ1) is 6.09. The molecule has 1 aliphatic carbocycles. The molecule has 1 saturated carbocycles. The maximum absolute atomic E-state index is 4.25. The second-order valence-electron chi connectivity index (χ2n) is 2.55. The topological polar surface area (TPSA) is 12.8 Å². The van der Waals surface area contributed by atoms with Gasteiger partial charge in [-0.15, -0.1) is 0 Å². The molecule has 0 aromatic carbocycles. The van der Waals surface area contributed by atoms with E-state index < -0.39 is 0 Å². The zero-order chi connectivity index (χ0) is 5.82. The Morgan fingerprint density at radius 3 is 2.12 bits per heavy atom. The molecule has 1 aliphatic rings. The predicted molar refractivity (Wildman–Crippen MR) is 35.0 cm³/mol. The highest BCUT2D eigenvalue weighted by molar-refractivity contribution is 4.62. The van der Waals surface area contributed by atoms with Gasteiger partial charge in [-0.25, -0.2) is 0 Å². The average molecular weight is 115 g/mol. The van der Waals surface area contributed by atoms with E-state index in [9.17, 15) is 0 Å². The van der Waals surface area contributed by atoms with E-state index in [4.69, 9.17) is 0 Å². The zero-order valence-electron chi connectivity index (χ0n) is 5.56. The summed E-state index contributed by atoms with van der Waals surface area (Å²) in [6, 6.07) is 0. The van der Waals surface area contributed by atoms with Crippen LogP contribution in [0.15, 0.2) is 0 Å². The average Bonchev–Trinajstić information content (AvgIpc) is 1.90. The highest BCUT2D eigenvalue weighted by Gasteiger charge is 2.14. The number of ether oxygens (including phenoxy) is 1. The molecule has 1 rings (SSSR count). The number of hydrogen-bond acceptors (Lipinski definition) is 0. The molecule has 0 spiro atoms. The lowest BCUT2D eigenvalue weighted by Crippen LogP contribution is -2.17. The van der Waals surface area contributed by atoms with Crippen molar-refractivity contribution in [1.29, 1.82) is 0 Å². The van der Waals surface area contributed by atoms with E-state index in [0.29, 0.717) is 6.10 Å². The summed E-state index contributed by atoms with van der Waals surface area (Å²) in [5, 5.41) is 0. The van der Waals surface area contributed by atoms with E-state index in [2.05, 4.69) is 4.74 Å². The standard InChI is InChI=1S/C7H14O/c1-8-7-5-3-2-4-6-7/h7H,2-6H2,1H3/p+1. The van der Waals surface area contributed by atoms with Crippen molar-refractivity contribution >= 4 is 0 Å². The van der Waals surface area contributed by atoms with Crippen LogP contribution in [0.1, 0.15) is 32.1 Å². The maximum atomic E-state index is 4.25. The summed E-state index contributed by atoms with van der Waals surface area (Å²) in [4.78, 5) is 0. The highest BCUT2D eigenvalue weighted by atomic mass is 16.5. The van der Waals surface area contributed by atoms with Crippen LogP contribution in [0.2, 0.25) is 0 Å². The Hall–Kier alpha value is -0.0400. The van der Waals surface area contributed by atoms with Gasteiger partial charge in [-0.2, -0.15) is 0 Å². The molecule has 8 heavy (non-hydrogen) atoms. The van der Waals surface area contributed by atoms with Crippen molar-refractivity contribution in [3.8, 4) is 0 Å². The largest absolute Gasteiger partial charge is 0.434 e. The third-order valence-corrected chi connectivity index (χ3v) is 1.94. The first-order valence-electron chi connectivity index (χ1n) is 3.52. The van der Waals surface area contributed by atoms with Crippen LogP contribution < -0.4 is 0 Å². The van der Waals surface area contributed by atoms with Crippen molar-refractivity contribution in [2.45, 2.75) is 38.2 Å². The minimum Gasteiger partial charge on any atom is -0.434 e. The normalized spacial score (nSPS) is 23.6. The predicted octanol–water partition coefficient (Wildman–Crippen LogP) is 1.48. The molecule has 0 aliphatic heterocycles. The summed E-state index contributed by atoms with van der Waals surface area (Å²) in [7, 11) is 1.94. The molecule has 0 saturated heterocycles. The van der Waals surface area contributed by atoms with Crippen molar-refractivity contribution in [1.82, 2.24) is 0 Å². The van der Waals surface area contributed by atoms with Gasteiger partial charge in [-0.3, -0.25) is 0 Å². The van der Waals surface area contributed by atoms with Gasteiger partial charge in [0.25, 0.3) is 0 Å². The van der Waals surface area contributed by atoms with Crippen LogP contribution >= 0.6 is 0 Å². The number of aliphatic hydroxyl groups is 2. The van der Waals surface area contributed by atoms with Gasteiger partial charge in [0.05, 0.1) is 0 Å². The van der Waals surface area contributed by atoms with Gasteiger partial charge in [-0.05, 0) is 12.8 Å². The van der Waals surface area contributed by atoms with Gasteiger partial charge >= 0.3 is 0 Å². The molecule has 1 nitrogen and oxygen atoms in total. The monoisotopic (exact) mass is 115 g/mol. The lowest BCUT2D eigenvalue weighted by Gasteiger charge is -2.15. The molecule has 1 N–H and O–H groups in total. The van der Waals surface area contributed by atoms with Gasteiger partial charge in [0.15, 0.2) is 6.10 Å². The Morgan fingerprint density at radius 2 is 1.75 bits per heavy atom. The van der Waals surface area contributed by atoms with E-state index in [-0.39, 0.29) is 0 Å². The maximum Gasteiger partial charge on any atom is 0.154 e. The first-order chi connectivity index (χ1) is 3.93. The van der Waals surface area contributed by atoms with Crippen LogP contribution in [0.25, 0.3) is 0 Å². The molecule has 0 bridgehead atoms. The Bertz CT molecular complexity index is 55.4. The Kier molecular flexibility index (Phi) is 2.34. The van der Waals surface area contributed by atoms with E-state index in [0.717, 1.165) is 0 Å². The summed E-state index contributed by atoms with van der Waals surface area (Å²) < 4.78 is 4.25. The summed E-state index contributed by atoms with van der Waals surface area (Å²) >= 11 is 0. The fourth-order valence-electron chi connectivity index (χ4n) is 1.34. The van der Waals surface area contributed by atoms with Crippen molar-refractivity contribution in [2.75, 3.05) is 7.11 Å². The van der Waals surface area contributed by atoms with E-state index >= 15 is 0 Å². The second kappa shape index (κ2) is 3.08. The molecule has 1 heteroatoms. The number of hydrogen-bond donors (Lipinski definition) is 0. The molecule has 0 atom stereocenters. The molecule has 0 radical (unpaired) electrons. The molecule has 0 heterocycles. The van der Waals surface area contributed by atoms with Crippen molar-refractivity contribution < 1.29 is 4.74 Å². The minimum atomic E-state index is 0.712. The third-order valence-electron chi connectivity index (χ3n) is 1.94. The second-order valence-corrected chi connectivity index (χ2v) is 2.55. The summed E-state index contributed by atoms with van der Waals surface area (Å²) in [6.45, 7) is 0. The summed E-state index contributed by atoms with van der Waals surface area (Å²) in [5.41, 5.74) is 0. The van der Waals surface area contributed by atoms with Gasteiger partial charge in [-0.1, -0.05) is 6.42 Å². The lowest BCUT2D eigenvalue weighted by molar-refractivity contribution is -0.0773. The van der Waals surface area contributed by atoms with E-state index in [1.807, 2.05) is 7.11 Å². The van der Waals surface area contributed by atoms with Crippen LogP contribution in [0.5, 0.6) is 0 Å². The fraction of sp³-hybridized carbons (Fsp3) is 1.00. The smallest absolute Gasteiger partial charge is 0.154 e. The lowest BCUT2D eigenvalue weighted by atomic mass is 9.98. The molecule has 0 unspecified atom stereocenters. The van der Waals surface area contributed by atoms with Gasteiger partial charge in [0.1, 0.15) is 7.11 Å². The minimum absolute atomic E-state index is 0.712. The van der Waals surface area contributed by atoms with Crippen molar-refractivity contribution in [2.24, 2.45) is 0 Å². The van der Waals surface area contributed by atoms with Crippen LogP contribution in [-0.2, 0) is 0 Å². The fourth-order valence-corrected chi connectivity index (χ4v) is 1.34.